The smallest absolute Gasteiger partial charge is 0.0683 e. The average molecular weight is 282 g/mol. The molecule has 0 saturated heterocycles. The molecule has 18 heavy (non-hydrogen) atoms. The van der Waals surface area contributed by atoms with Gasteiger partial charge in [-0.25, -0.2) is 0 Å². The monoisotopic (exact) mass is 281 g/mol. The fourth-order valence-electron chi connectivity index (χ4n) is 1.62. The molecule has 0 unspecified atom stereocenters. The molecule has 0 bridgehead atoms. The molecule has 0 aliphatic heterocycles. The van der Waals surface area contributed by atoms with Crippen LogP contribution in [0.4, 0.5) is 0 Å². The number of thioether (sulfide) groups is 1. The van der Waals surface area contributed by atoms with Gasteiger partial charge in [-0.1, -0.05) is 36.2 Å². The standard InChI is InChI=1S/C15H20ClNS/c1-15(2,12-17)9-5-6-10-18-11-13-7-3-4-8-14(13)16/h3-4,7-8H,5-6,9-11H2,1-2H3. The first-order valence-electron chi connectivity index (χ1n) is 6.27. The maximum Gasteiger partial charge on any atom is 0.0683 e. The number of hydrogen-bond donors (Lipinski definition) is 0. The predicted octanol–water partition coefficient (Wildman–Crippen LogP) is 5.29. The minimum Gasteiger partial charge on any atom is -0.198 e. The maximum absolute atomic E-state index is 8.91. The second kappa shape index (κ2) is 7.71. The van der Waals surface area contributed by atoms with Crippen molar-refractivity contribution in [3.63, 3.8) is 0 Å². The van der Waals surface area contributed by atoms with E-state index in [1.807, 2.05) is 43.8 Å². The lowest BCUT2D eigenvalue weighted by molar-refractivity contribution is 0.433. The number of rotatable bonds is 7. The van der Waals surface area contributed by atoms with Crippen molar-refractivity contribution in [2.45, 2.75) is 38.9 Å². The van der Waals surface area contributed by atoms with Gasteiger partial charge in [-0.2, -0.15) is 17.0 Å². The highest BCUT2D eigenvalue weighted by Gasteiger charge is 2.15. The SMILES string of the molecule is CC(C)(C#N)CCCCSCc1ccccc1Cl. The van der Waals surface area contributed by atoms with E-state index in [-0.39, 0.29) is 5.41 Å². The van der Waals surface area contributed by atoms with Crippen LogP contribution in [-0.2, 0) is 5.75 Å². The maximum atomic E-state index is 8.91. The highest BCUT2D eigenvalue weighted by molar-refractivity contribution is 7.98. The number of benzene rings is 1. The first-order chi connectivity index (χ1) is 8.55. The van der Waals surface area contributed by atoms with Crippen molar-refractivity contribution in [3.8, 4) is 6.07 Å². The third-order valence-electron chi connectivity index (χ3n) is 2.86. The molecule has 1 aromatic rings. The van der Waals surface area contributed by atoms with Gasteiger partial charge in [0.2, 0.25) is 0 Å². The van der Waals surface area contributed by atoms with E-state index in [0.29, 0.717) is 0 Å². The highest BCUT2D eigenvalue weighted by atomic mass is 35.5. The summed E-state index contributed by atoms with van der Waals surface area (Å²) < 4.78 is 0. The molecule has 0 N–H and O–H groups in total. The molecule has 1 rings (SSSR count). The first kappa shape index (κ1) is 15.4. The Labute approximate surface area is 120 Å². The Balaban J connectivity index is 2.13. The zero-order chi connectivity index (χ0) is 13.4. The Kier molecular flexibility index (Phi) is 6.60. The number of hydrogen-bond acceptors (Lipinski definition) is 2. The number of unbranched alkanes of at least 4 members (excludes halogenated alkanes) is 1. The van der Waals surface area contributed by atoms with Crippen LogP contribution in [0.15, 0.2) is 24.3 Å². The van der Waals surface area contributed by atoms with Crippen molar-refractivity contribution in [2.24, 2.45) is 5.41 Å². The molecule has 0 fully saturated rings. The number of halogens is 1. The van der Waals surface area contributed by atoms with Crippen LogP contribution in [-0.4, -0.2) is 5.75 Å². The Morgan fingerprint density at radius 3 is 2.67 bits per heavy atom. The lowest BCUT2D eigenvalue weighted by atomic mass is 9.89. The molecule has 0 heterocycles. The van der Waals surface area contributed by atoms with Crippen molar-refractivity contribution in [1.82, 2.24) is 0 Å². The molecule has 0 aliphatic carbocycles. The van der Waals surface area contributed by atoms with Gasteiger partial charge in [0.25, 0.3) is 0 Å². The van der Waals surface area contributed by atoms with Gasteiger partial charge in [0.1, 0.15) is 0 Å². The normalized spacial score (nSPS) is 11.2. The molecular weight excluding hydrogens is 262 g/mol. The molecular formula is C15H20ClNS. The van der Waals surface area contributed by atoms with Crippen LogP contribution in [0.25, 0.3) is 0 Å². The Morgan fingerprint density at radius 2 is 2.00 bits per heavy atom. The predicted molar refractivity (Wildman–Crippen MR) is 80.9 cm³/mol. The highest BCUT2D eigenvalue weighted by Crippen LogP contribution is 2.24. The molecule has 0 amide bonds. The topological polar surface area (TPSA) is 23.8 Å². The van der Waals surface area contributed by atoms with Gasteiger partial charge >= 0.3 is 0 Å². The van der Waals surface area contributed by atoms with Crippen LogP contribution in [0.5, 0.6) is 0 Å². The molecule has 0 spiro atoms. The van der Waals surface area contributed by atoms with Crippen LogP contribution in [0.2, 0.25) is 5.02 Å². The van der Waals surface area contributed by atoms with Crippen molar-refractivity contribution in [3.05, 3.63) is 34.9 Å². The van der Waals surface area contributed by atoms with E-state index in [0.717, 1.165) is 29.4 Å². The minimum absolute atomic E-state index is 0.173. The van der Waals surface area contributed by atoms with Gasteiger partial charge < -0.3 is 0 Å². The first-order valence-corrected chi connectivity index (χ1v) is 7.81. The lowest BCUT2D eigenvalue weighted by Gasteiger charge is -2.14. The van der Waals surface area contributed by atoms with Crippen molar-refractivity contribution in [1.29, 1.82) is 5.26 Å². The van der Waals surface area contributed by atoms with E-state index in [9.17, 15) is 0 Å². The van der Waals surface area contributed by atoms with Crippen molar-refractivity contribution < 1.29 is 0 Å². The van der Waals surface area contributed by atoms with E-state index in [4.69, 9.17) is 16.9 Å². The lowest BCUT2D eigenvalue weighted by Crippen LogP contribution is -2.07. The largest absolute Gasteiger partial charge is 0.198 e. The molecule has 0 radical (unpaired) electrons. The second-order valence-corrected chi connectivity index (χ2v) is 6.61. The Bertz CT molecular complexity index is 409. The van der Waals surface area contributed by atoms with Gasteiger partial charge in [0.05, 0.1) is 11.5 Å². The van der Waals surface area contributed by atoms with E-state index in [1.165, 1.54) is 12.0 Å². The van der Waals surface area contributed by atoms with Gasteiger partial charge in [-0.3, -0.25) is 0 Å². The molecule has 1 nitrogen and oxygen atoms in total. The van der Waals surface area contributed by atoms with E-state index in [2.05, 4.69) is 12.1 Å². The summed E-state index contributed by atoms with van der Waals surface area (Å²) in [6.45, 7) is 4.01. The zero-order valence-corrected chi connectivity index (χ0v) is 12.7. The molecule has 0 atom stereocenters. The average Bonchev–Trinajstić information content (AvgIpc) is 2.35. The fraction of sp³-hybridized carbons (Fsp3) is 0.533. The van der Waals surface area contributed by atoms with Gasteiger partial charge in [-0.15, -0.1) is 0 Å². The van der Waals surface area contributed by atoms with E-state index < -0.39 is 0 Å². The molecule has 0 saturated carbocycles. The Morgan fingerprint density at radius 1 is 1.28 bits per heavy atom. The molecule has 1 aromatic carbocycles. The van der Waals surface area contributed by atoms with Crippen LogP contribution < -0.4 is 0 Å². The van der Waals surface area contributed by atoms with Crippen molar-refractivity contribution in [2.75, 3.05) is 5.75 Å². The van der Waals surface area contributed by atoms with Gasteiger partial charge in [0, 0.05) is 10.8 Å². The summed E-state index contributed by atoms with van der Waals surface area (Å²) in [5.41, 5.74) is 1.04. The summed E-state index contributed by atoms with van der Waals surface area (Å²) in [6.07, 6.45) is 3.27. The van der Waals surface area contributed by atoms with Crippen LogP contribution >= 0.6 is 23.4 Å². The van der Waals surface area contributed by atoms with Crippen LogP contribution in [0.3, 0.4) is 0 Å². The summed E-state index contributed by atoms with van der Waals surface area (Å²) in [6, 6.07) is 10.3. The second-order valence-electron chi connectivity index (χ2n) is 5.10. The van der Waals surface area contributed by atoms with Crippen LogP contribution in [0, 0.1) is 16.7 Å². The van der Waals surface area contributed by atoms with E-state index in [1.54, 1.807) is 0 Å². The molecule has 98 valence electrons. The van der Waals surface area contributed by atoms with Gasteiger partial charge in [-0.05, 0) is 44.1 Å². The summed E-state index contributed by atoms with van der Waals surface area (Å²) in [4.78, 5) is 0. The quantitative estimate of drug-likeness (QED) is 0.634. The van der Waals surface area contributed by atoms with Gasteiger partial charge in [0.15, 0.2) is 0 Å². The molecule has 0 aliphatic rings. The number of nitriles is 1. The number of nitrogens with zero attached hydrogens (tertiary/aromatic N) is 1. The van der Waals surface area contributed by atoms with Crippen LogP contribution in [0.1, 0.15) is 38.7 Å². The van der Waals surface area contributed by atoms with Crippen molar-refractivity contribution >= 4 is 23.4 Å². The summed E-state index contributed by atoms with van der Waals surface area (Å²) >= 11 is 8.00. The summed E-state index contributed by atoms with van der Waals surface area (Å²) in [7, 11) is 0. The third-order valence-corrected chi connectivity index (χ3v) is 4.32. The minimum atomic E-state index is -0.173. The van der Waals surface area contributed by atoms with E-state index >= 15 is 0 Å². The Hall–Kier alpha value is -0.650. The fourth-order valence-corrected chi connectivity index (χ4v) is 2.93. The third kappa shape index (κ3) is 5.80. The molecule has 3 heteroatoms. The zero-order valence-electron chi connectivity index (χ0n) is 11.1. The molecule has 0 aromatic heterocycles. The summed E-state index contributed by atoms with van der Waals surface area (Å²) in [5, 5.41) is 9.76. The summed E-state index contributed by atoms with van der Waals surface area (Å²) in [5.74, 6) is 2.11.